The van der Waals surface area contributed by atoms with Gasteiger partial charge in [0.15, 0.2) is 16.8 Å². The van der Waals surface area contributed by atoms with Gasteiger partial charge in [0.1, 0.15) is 5.82 Å². The second-order valence-electron chi connectivity index (χ2n) is 7.33. The molecule has 1 aromatic carbocycles. The van der Waals surface area contributed by atoms with Crippen molar-refractivity contribution in [3.63, 3.8) is 0 Å². The molecule has 11 heteroatoms. The Morgan fingerprint density at radius 3 is 2.90 bits per heavy atom. The lowest BCUT2D eigenvalue weighted by Gasteiger charge is -2.36. The minimum Gasteiger partial charge on any atom is -0.436 e. The van der Waals surface area contributed by atoms with E-state index in [-0.39, 0.29) is 23.1 Å². The van der Waals surface area contributed by atoms with Gasteiger partial charge in [0.05, 0.1) is 5.54 Å². The molecular weight excluding hydrogens is 424 g/mol. The average Bonchev–Trinajstić information content (AvgIpc) is 3.26. The third kappa shape index (κ3) is 3.55. The largest absolute Gasteiger partial charge is 0.452 e. The van der Waals surface area contributed by atoms with E-state index in [1.165, 1.54) is 36.9 Å². The molecule has 2 atom stereocenters. The number of nitrogens with one attached hydrogen (secondary N) is 1. The van der Waals surface area contributed by atoms with Crippen LogP contribution in [0.1, 0.15) is 47.0 Å². The van der Waals surface area contributed by atoms with Crippen molar-refractivity contribution >= 4 is 28.5 Å². The molecule has 0 radical (unpaired) electrons. The van der Waals surface area contributed by atoms with Crippen LogP contribution in [0, 0.1) is 18.7 Å². The minimum absolute atomic E-state index is 0.0882. The summed E-state index contributed by atoms with van der Waals surface area (Å²) in [4.78, 5) is 20.6. The summed E-state index contributed by atoms with van der Waals surface area (Å²) in [6.07, 6.45) is -2.55. The fourth-order valence-corrected chi connectivity index (χ4v) is 5.20. The monoisotopic (exact) mass is 442 g/mol. The molecule has 0 spiro atoms. The first-order valence-corrected chi connectivity index (χ1v) is 10.2. The Morgan fingerprint density at radius 2 is 2.17 bits per heavy atom. The van der Waals surface area contributed by atoms with Crippen LogP contribution >= 0.6 is 11.8 Å². The van der Waals surface area contributed by atoms with E-state index in [0.29, 0.717) is 17.3 Å². The Labute approximate surface area is 173 Å². The molecule has 0 saturated heterocycles. The SMILES string of the molecule is Cc1nc(C(=O)Nc2ccc(F)c(C34CCCC3CSC(N)=N4)c2)c(C(F)(F)F)o1. The fourth-order valence-electron chi connectivity index (χ4n) is 4.16. The highest BCUT2D eigenvalue weighted by molar-refractivity contribution is 8.13. The number of thioether (sulfide) groups is 1. The molecular formula is C19H18F4N4O2S. The van der Waals surface area contributed by atoms with Gasteiger partial charge in [0.2, 0.25) is 5.76 Å². The van der Waals surface area contributed by atoms with Gasteiger partial charge in [0, 0.05) is 23.9 Å². The Hall–Kier alpha value is -2.56. The van der Waals surface area contributed by atoms with Gasteiger partial charge in [-0.1, -0.05) is 18.2 Å². The molecule has 2 heterocycles. The number of nitrogens with two attached hydrogens (primary N) is 1. The first-order chi connectivity index (χ1) is 14.1. The average molecular weight is 442 g/mol. The molecule has 1 aromatic heterocycles. The Kier molecular flexibility index (Phi) is 5.03. The number of hydrogen-bond acceptors (Lipinski definition) is 6. The molecule has 1 fully saturated rings. The normalized spacial score (nSPS) is 23.8. The molecule has 4 rings (SSSR count). The summed E-state index contributed by atoms with van der Waals surface area (Å²) >= 11 is 1.42. The van der Waals surface area contributed by atoms with Gasteiger partial charge >= 0.3 is 6.18 Å². The summed E-state index contributed by atoms with van der Waals surface area (Å²) < 4.78 is 58.7. The van der Waals surface area contributed by atoms with Gasteiger partial charge in [-0.3, -0.25) is 9.79 Å². The number of halogens is 4. The number of fused-ring (bicyclic) bond motifs is 1. The summed E-state index contributed by atoms with van der Waals surface area (Å²) in [5, 5.41) is 2.74. The predicted octanol–water partition coefficient (Wildman–Crippen LogP) is 4.45. The summed E-state index contributed by atoms with van der Waals surface area (Å²) in [6, 6.07) is 3.86. The zero-order valence-corrected chi connectivity index (χ0v) is 16.7. The standard InChI is InChI=1S/C19H18F4N4O2S/c1-9-25-14(15(29-9)19(21,22)23)16(28)26-11-4-5-13(20)12(7-11)18-6-2-3-10(18)8-30-17(24)27-18/h4-5,7,10H,2-3,6,8H2,1H3,(H2,24,27)(H,26,28). The summed E-state index contributed by atoms with van der Waals surface area (Å²) in [5.74, 6) is -2.57. The van der Waals surface area contributed by atoms with Crippen LogP contribution in [0.25, 0.3) is 0 Å². The number of oxazole rings is 1. The number of nitrogens with zero attached hydrogens (tertiary/aromatic N) is 2. The molecule has 1 amide bonds. The highest BCUT2D eigenvalue weighted by atomic mass is 32.2. The molecule has 1 saturated carbocycles. The number of aliphatic imine (C=N–C) groups is 1. The third-order valence-electron chi connectivity index (χ3n) is 5.43. The van der Waals surface area contributed by atoms with Gasteiger partial charge in [-0.15, -0.1) is 0 Å². The van der Waals surface area contributed by atoms with E-state index >= 15 is 0 Å². The van der Waals surface area contributed by atoms with Crippen molar-refractivity contribution < 1.29 is 26.8 Å². The lowest BCUT2D eigenvalue weighted by atomic mass is 9.81. The van der Waals surface area contributed by atoms with Gasteiger partial charge in [-0.25, -0.2) is 9.37 Å². The zero-order chi connectivity index (χ0) is 21.7. The molecule has 3 N–H and O–H groups in total. The Bertz CT molecular complexity index is 1040. The topological polar surface area (TPSA) is 93.5 Å². The maximum absolute atomic E-state index is 14.8. The second kappa shape index (κ2) is 7.29. The molecule has 2 aliphatic rings. The number of aromatic nitrogens is 1. The van der Waals surface area contributed by atoms with Crippen LogP contribution in [-0.4, -0.2) is 21.8 Å². The lowest BCUT2D eigenvalue weighted by molar-refractivity contribution is -0.153. The fraction of sp³-hybridized carbons (Fsp3) is 0.421. The van der Waals surface area contributed by atoms with E-state index in [0.717, 1.165) is 12.8 Å². The minimum atomic E-state index is -4.87. The molecule has 30 heavy (non-hydrogen) atoms. The number of carbonyl (C=O) groups is 1. The number of rotatable bonds is 3. The van der Waals surface area contributed by atoms with Crippen molar-refractivity contribution in [3.8, 4) is 0 Å². The number of carbonyl (C=O) groups excluding carboxylic acids is 1. The Balaban J connectivity index is 1.69. The molecule has 160 valence electrons. The second-order valence-corrected chi connectivity index (χ2v) is 8.37. The highest BCUT2D eigenvalue weighted by Gasteiger charge is 2.48. The van der Waals surface area contributed by atoms with Gasteiger partial charge in [-0.05, 0) is 37.0 Å². The zero-order valence-electron chi connectivity index (χ0n) is 15.8. The third-order valence-corrected chi connectivity index (χ3v) is 6.38. The van der Waals surface area contributed by atoms with Crippen molar-refractivity contribution in [1.82, 2.24) is 4.98 Å². The molecule has 6 nitrogen and oxygen atoms in total. The number of alkyl halides is 3. The number of benzene rings is 1. The number of amidine groups is 1. The van der Waals surface area contributed by atoms with E-state index in [1.807, 2.05) is 0 Å². The number of hydrogen-bond donors (Lipinski definition) is 2. The van der Waals surface area contributed by atoms with Crippen molar-refractivity contribution in [2.24, 2.45) is 16.6 Å². The van der Waals surface area contributed by atoms with Crippen LogP contribution in [0.15, 0.2) is 27.6 Å². The van der Waals surface area contributed by atoms with Crippen molar-refractivity contribution in [3.05, 3.63) is 46.9 Å². The molecule has 0 bridgehead atoms. The summed E-state index contributed by atoms with van der Waals surface area (Å²) in [7, 11) is 0. The summed E-state index contributed by atoms with van der Waals surface area (Å²) in [6.45, 7) is 1.21. The maximum Gasteiger partial charge on any atom is 0.452 e. The van der Waals surface area contributed by atoms with Crippen molar-refractivity contribution in [1.29, 1.82) is 0 Å². The number of anilines is 1. The van der Waals surface area contributed by atoms with E-state index in [2.05, 4.69) is 19.7 Å². The van der Waals surface area contributed by atoms with E-state index in [4.69, 9.17) is 5.73 Å². The molecule has 2 aromatic rings. The lowest BCUT2D eigenvalue weighted by Crippen LogP contribution is -2.37. The van der Waals surface area contributed by atoms with Gasteiger partial charge < -0.3 is 15.5 Å². The Morgan fingerprint density at radius 1 is 1.40 bits per heavy atom. The van der Waals surface area contributed by atoms with Crippen LogP contribution in [0.2, 0.25) is 0 Å². The van der Waals surface area contributed by atoms with E-state index < -0.39 is 34.9 Å². The van der Waals surface area contributed by atoms with E-state index in [9.17, 15) is 22.4 Å². The van der Waals surface area contributed by atoms with Crippen molar-refractivity contribution in [2.75, 3.05) is 11.1 Å². The molecule has 1 aliphatic heterocycles. The van der Waals surface area contributed by atoms with Crippen molar-refractivity contribution in [2.45, 2.75) is 37.9 Å². The number of aryl methyl sites for hydroxylation is 1. The predicted molar refractivity (Wildman–Crippen MR) is 104 cm³/mol. The quantitative estimate of drug-likeness (QED) is 0.685. The number of amides is 1. The van der Waals surface area contributed by atoms with Crippen LogP contribution < -0.4 is 11.1 Å². The maximum atomic E-state index is 14.8. The highest BCUT2D eigenvalue weighted by Crippen LogP contribution is 2.51. The van der Waals surface area contributed by atoms with Crippen LogP contribution in [0.3, 0.4) is 0 Å². The van der Waals surface area contributed by atoms with Crippen LogP contribution in [0.5, 0.6) is 0 Å². The molecule has 2 unspecified atom stereocenters. The van der Waals surface area contributed by atoms with E-state index in [1.54, 1.807) is 0 Å². The first-order valence-electron chi connectivity index (χ1n) is 9.24. The van der Waals surface area contributed by atoms with Gasteiger partial charge in [-0.2, -0.15) is 13.2 Å². The van der Waals surface area contributed by atoms with Crippen LogP contribution in [0.4, 0.5) is 23.2 Å². The molecule has 1 aliphatic carbocycles. The first kappa shape index (κ1) is 20.7. The summed E-state index contributed by atoms with van der Waals surface area (Å²) in [5.41, 5.74) is 4.62. The smallest absolute Gasteiger partial charge is 0.436 e. The van der Waals surface area contributed by atoms with Gasteiger partial charge in [0.25, 0.3) is 5.91 Å². The van der Waals surface area contributed by atoms with Crippen LogP contribution in [-0.2, 0) is 11.7 Å².